The number of nitriles is 1. The fourth-order valence-corrected chi connectivity index (χ4v) is 3.70. The van der Waals surface area contributed by atoms with Crippen molar-refractivity contribution < 1.29 is 9.53 Å². The minimum Gasteiger partial charge on any atom is -0.478 e. The summed E-state index contributed by atoms with van der Waals surface area (Å²) in [5.74, 6) is 0.149. The van der Waals surface area contributed by atoms with E-state index in [0.29, 0.717) is 42.4 Å². The zero-order valence-electron chi connectivity index (χ0n) is 17.5. The van der Waals surface area contributed by atoms with Crippen molar-refractivity contribution >= 4 is 12.1 Å². The van der Waals surface area contributed by atoms with E-state index in [9.17, 15) is 10.1 Å². The van der Waals surface area contributed by atoms with Crippen molar-refractivity contribution in [1.29, 1.82) is 5.26 Å². The van der Waals surface area contributed by atoms with Gasteiger partial charge in [0.25, 0.3) is 5.91 Å². The third-order valence-corrected chi connectivity index (χ3v) is 5.24. The molecule has 31 heavy (non-hydrogen) atoms. The lowest BCUT2D eigenvalue weighted by molar-refractivity contribution is 0.0778. The monoisotopic (exact) mass is 410 g/mol. The van der Waals surface area contributed by atoms with Gasteiger partial charge in [-0.15, -0.1) is 0 Å². The molecule has 1 aliphatic heterocycles. The normalized spacial score (nSPS) is 11.6. The Labute approximate surface area is 181 Å². The summed E-state index contributed by atoms with van der Waals surface area (Å²) in [4.78, 5) is 23.6. The predicted molar refractivity (Wildman–Crippen MR) is 119 cm³/mol. The Kier molecular flexibility index (Phi) is 5.76. The second-order valence-corrected chi connectivity index (χ2v) is 7.26. The van der Waals surface area contributed by atoms with Crippen LogP contribution in [0.5, 0.6) is 5.88 Å². The summed E-state index contributed by atoms with van der Waals surface area (Å²) >= 11 is 0. The minimum atomic E-state index is -0.197. The molecule has 0 aliphatic carbocycles. The van der Waals surface area contributed by atoms with Gasteiger partial charge >= 0.3 is 0 Å². The highest BCUT2D eigenvalue weighted by molar-refractivity contribution is 5.93. The number of hydrogen-bond acceptors (Lipinski definition) is 5. The molecule has 0 N–H and O–H groups in total. The van der Waals surface area contributed by atoms with E-state index >= 15 is 0 Å². The van der Waals surface area contributed by atoms with Crippen LogP contribution in [0.1, 0.15) is 39.7 Å². The van der Waals surface area contributed by atoms with Crippen molar-refractivity contribution in [3.63, 3.8) is 0 Å². The second kappa shape index (κ2) is 8.80. The second-order valence-electron chi connectivity index (χ2n) is 7.26. The highest BCUT2D eigenvalue weighted by Crippen LogP contribution is 2.31. The van der Waals surface area contributed by atoms with Crippen LogP contribution >= 0.6 is 0 Å². The number of aliphatic imine (C=N–C) groups is 1. The Morgan fingerprint density at radius 2 is 1.97 bits per heavy atom. The van der Waals surface area contributed by atoms with Gasteiger partial charge in [-0.25, -0.2) is 4.98 Å². The summed E-state index contributed by atoms with van der Waals surface area (Å²) in [5, 5.41) is 9.44. The van der Waals surface area contributed by atoms with E-state index in [-0.39, 0.29) is 5.91 Å². The molecule has 3 aromatic rings. The first-order chi connectivity index (χ1) is 15.1. The van der Waals surface area contributed by atoms with E-state index in [4.69, 9.17) is 4.74 Å². The number of aromatic nitrogens is 1. The van der Waals surface area contributed by atoms with Gasteiger partial charge in [0, 0.05) is 30.9 Å². The van der Waals surface area contributed by atoms with Gasteiger partial charge < -0.3 is 9.64 Å². The van der Waals surface area contributed by atoms with Crippen molar-refractivity contribution in [2.45, 2.75) is 20.0 Å². The molecular formula is C25H22N4O2. The fourth-order valence-electron chi connectivity index (χ4n) is 3.70. The number of fused-ring (bicyclic) bond motifs is 1. The molecule has 0 unspecified atom stereocenters. The Morgan fingerprint density at radius 3 is 2.77 bits per heavy atom. The third kappa shape index (κ3) is 4.03. The molecule has 1 aromatic heterocycles. The SMILES string of the molecule is CCOc1nc(C(=O)N(C)Cc2cccc3c2CN=C3)ccc1-c1ccccc1C#N. The highest BCUT2D eigenvalue weighted by atomic mass is 16.5. The topological polar surface area (TPSA) is 78.6 Å². The van der Waals surface area contributed by atoms with Crippen molar-refractivity contribution in [1.82, 2.24) is 9.88 Å². The zero-order chi connectivity index (χ0) is 21.8. The molecular weight excluding hydrogens is 388 g/mol. The van der Waals surface area contributed by atoms with Crippen molar-refractivity contribution in [3.05, 3.63) is 82.5 Å². The smallest absolute Gasteiger partial charge is 0.272 e. The molecule has 0 spiro atoms. The highest BCUT2D eigenvalue weighted by Gasteiger charge is 2.20. The van der Waals surface area contributed by atoms with Crippen LogP contribution in [0.4, 0.5) is 0 Å². The number of benzene rings is 2. The van der Waals surface area contributed by atoms with E-state index in [1.807, 2.05) is 49.5 Å². The largest absolute Gasteiger partial charge is 0.478 e. The van der Waals surface area contributed by atoms with Crippen LogP contribution < -0.4 is 4.74 Å². The van der Waals surface area contributed by atoms with Gasteiger partial charge in [0.2, 0.25) is 5.88 Å². The van der Waals surface area contributed by atoms with Gasteiger partial charge in [0.15, 0.2) is 0 Å². The molecule has 6 heteroatoms. The molecule has 0 radical (unpaired) electrons. The lowest BCUT2D eigenvalue weighted by Crippen LogP contribution is -2.27. The molecule has 2 heterocycles. The standard InChI is InChI=1S/C25H22N4O2/c1-3-31-24-21(20-10-5-4-7-17(20)13-26)11-12-23(28-24)25(30)29(2)16-19-9-6-8-18-14-27-15-22(18)19/h4-12,14H,3,15-16H2,1-2H3. The molecule has 154 valence electrons. The van der Waals surface area contributed by atoms with Crippen LogP contribution in [0.2, 0.25) is 0 Å². The quantitative estimate of drug-likeness (QED) is 0.609. The van der Waals surface area contributed by atoms with E-state index in [2.05, 4.69) is 16.0 Å². The fraction of sp³-hybridized carbons (Fsp3) is 0.200. The van der Waals surface area contributed by atoms with Gasteiger partial charge in [0.05, 0.1) is 24.8 Å². The van der Waals surface area contributed by atoms with Crippen molar-refractivity contribution in [3.8, 4) is 23.1 Å². The average Bonchev–Trinajstić information content (AvgIpc) is 3.29. The van der Waals surface area contributed by atoms with Crippen LogP contribution in [0.3, 0.4) is 0 Å². The van der Waals surface area contributed by atoms with Gasteiger partial charge in [-0.05, 0) is 41.8 Å². The van der Waals surface area contributed by atoms with E-state index in [1.54, 1.807) is 30.1 Å². The van der Waals surface area contributed by atoms with Gasteiger partial charge in [-0.2, -0.15) is 5.26 Å². The first kappa shape index (κ1) is 20.3. The minimum absolute atomic E-state index is 0.197. The van der Waals surface area contributed by atoms with Gasteiger partial charge in [-0.3, -0.25) is 9.79 Å². The predicted octanol–water partition coefficient (Wildman–Crippen LogP) is 4.22. The first-order valence-corrected chi connectivity index (χ1v) is 10.1. The molecule has 0 fully saturated rings. The summed E-state index contributed by atoms with van der Waals surface area (Å²) in [5.41, 5.74) is 5.60. The number of carbonyl (C=O) groups excluding carboxylic acids is 1. The Balaban J connectivity index is 1.62. The average molecular weight is 410 g/mol. The number of pyridine rings is 1. The molecule has 1 aliphatic rings. The number of rotatable bonds is 6. The maximum absolute atomic E-state index is 13.1. The summed E-state index contributed by atoms with van der Waals surface area (Å²) in [6, 6.07) is 19.0. The lowest BCUT2D eigenvalue weighted by atomic mass is 10.0. The number of carbonyl (C=O) groups is 1. The van der Waals surface area contributed by atoms with Crippen LogP contribution in [-0.4, -0.2) is 35.7 Å². The van der Waals surface area contributed by atoms with Crippen LogP contribution in [0.15, 0.2) is 59.6 Å². The third-order valence-electron chi connectivity index (χ3n) is 5.24. The Hall–Kier alpha value is -3.98. The van der Waals surface area contributed by atoms with E-state index in [0.717, 1.165) is 22.3 Å². The molecule has 0 bridgehead atoms. The molecule has 1 amide bonds. The summed E-state index contributed by atoms with van der Waals surface area (Å²) in [7, 11) is 1.76. The molecule has 0 saturated heterocycles. The summed E-state index contributed by atoms with van der Waals surface area (Å²) in [6.45, 7) is 3.38. The lowest BCUT2D eigenvalue weighted by Gasteiger charge is -2.19. The van der Waals surface area contributed by atoms with Crippen LogP contribution in [0, 0.1) is 11.3 Å². The van der Waals surface area contributed by atoms with Crippen LogP contribution in [-0.2, 0) is 13.1 Å². The summed E-state index contributed by atoms with van der Waals surface area (Å²) in [6.07, 6.45) is 1.87. The Morgan fingerprint density at radius 1 is 1.13 bits per heavy atom. The maximum atomic E-state index is 13.1. The molecule has 6 nitrogen and oxygen atoms in total. The number of hydrogen-bond donors (Lipinski definition) is 0. The molecule has 4 rings (SSSR count). The van der Waals surface area contributed by atoms with Crippen molar-refractivity contribution in [2.75, 3.05) is 13.7 Å². The Bertz CT molecular complexity index is 1210. The van der Waals surface area contributed by atoms with Gasteiger partial charge in [-0.1, -0.05) is 36.4 Å². The maximum Gasteiger partial charge on any atom is 0.272 e. The molecule has 0 atom stereocenters. The van der Waals surface area contributed by atoms with Crippen molar-refractivity contribution in [2.24, 2.45) is 4.99 Å². The number of ether oxygens (including phenoxy) is 1. The summed E-state index contributed by atoms with van der Waals surface area (Å²) < 4.78 is 5.73. The molecule has 2 aromatic carbocycles. The van der Waals surface area contributed by atoms with Crippen LogP contribution in [0.25, 0.3) is 11.1 Å². The first-order valence-electron chi connectivity index (χ1n) is 10.1. The van der Waals surface area contributed by atoms with E-state index < -0.39 is 0 Å². The van der Waals surface area contributed by atoms with E-state index in [1.165, 1.54) is 0 Å². The zero-order valence-corrected chi connectivity index (χ0v) is 17.5. The van der Waals surface area contributed by atoms with Gasteiger partial charge in [0.1, 0.15) is 5.69 Å². The molecule has 0 saturated carbocycles. The number of amides is 1. The number of nitrogens with zero attached hydrogens (tertiary/aromatic N) is 4.